The summed E-state index contributed by atoms with van der Waals surface area (Å²) < 4.78 is 0. The fourth-order valence-electron chi connectivity index (χ4n) is 0.629. The van der Waals surface area contributed by atoms with Gasteiger partial charge in [-0.05, 0) is 25.3 Å². The van der Waals surface area contributed by atoms with Gasteiger partial charge >= 0.3 is 0 Å². The van der Waals surface area contributed by atoms with Crippen molar-refractivity contribution in [3.63, 3.8) is 0 Å². The van der Waals surface area contributed by atoms with Crippen molar-refractivity contribution in [1.82, 2.24) is 5.32 Å². The van der Waals surface area contributed by atoms with E-state index in [0.29, 0.717) is 0 Å². The zero-order valence-corrected chi connectivity index (χ0v) is 8.64. The number of allylic oxidation sites excluding steroid dienone is 1. The molecule has 0 fully saturated rings. The third-order valence-electron chi connectivity index (χ3n) is 1.98. The molecule has 0 aliphatic heterocycles. The van der Waals surface area contributed by atoms with Gasteiger partial charge in [-0.2, -0.15) is 0 Å². The lowest BCUT2D eigenvalue weighted by Crippen LogP contribution is -2.40. The van der Waals surface area contributed by atoms with Crippen molar-refractivity contribution in [2.45, 2.75) is 40.7 Å². The van der Waals surface area contributed by atoms with Gasteiger partial charge in [0, 0.05) is 6.04 Å². The van der Waals surface area contributed by atoms with Crippen molar-refractivity contribution < 1.29 is 4.79 Å². The van der Waals surface area contributed by atoms with Crippen LogP contribution in [0.15, 0.2) is 12.2 Å². The SMILES string of the molecule is C/C=C/C(=O)NC(C)C(C)(C)C. The van der Waals surface area contributed by atoms with Crippen molar-refractivity contribution >= 4 is 5.91 Å². The maximum atomic E-state index is 11.1. The van der Waals surface area contributed by atoms with Crippen LogP contribution in [0.2, 0.25) is 0 Å². The number of carbonyl (C=O) groups excluding carboxylic acids is 1. The van der Waals surface area contributed by atoms with Crippen LogP contribution in [0.4, 0.5) is 0 Å². The molecule has 0 rings (SSSR count). The molecule has 0 spiro atoms. The van der Waals surface area contributed by atoms with Gasteiger partial charge in [-0.1, -0.05) is 26.8 Å². The summed E-state index contributed by atoms with van der Waals surface area (Å²) in [6, 6.07) is 0.196. The highest BCUT2D eigenvalue weighted by Gasteiger charge is 2.20. The molecule has 0 aromatic heterocycles. The van der Waals surface area contributed by atoms with Crippen LogP contribution >= 0.6 is 0 Å². The Kier molecular flexibility index (Phi) is 4.01. The molecule has 2 heteroatoms. The van der Waals surface area contributed by atoms with E-state index in [2.05, 4.69) is 26.1 Å². The molecule has 0 aliphatic rings. The first-order chi connectivity index (χ1) is 5.38. The van der Waals surface area contributed by atoms with Gasteiger partial charge < -0.3 is 5.32 Å². The molecule has 0 heterocycles. The molecule has 0 radical (unpaired) electrons. The Morgan fingerprint density at radius 3 is 2.25 bits per heavy atom. The Morgan fingerprint density at radius 1 is 1.42 bits per heavy atom. The molecule has 0 bridgehead atoms. The standard InChI is InChI=1S/C10H19NO/c1-6-7-9(12)11-8(2)10(3,4)5/h6-8H,1-5H3,(H,11,12)/b7-6+. The molecule has 0 aromatic rings. The first-order valence-electron chi connectivity index (χ1n) is 4.31. The van der Waals surface area contributed by atoms with E-state index in [-0.39, 0.29) is 17.4 Å². The summed E-state index contributed by atoms with van der Waals surface area (Å²) in [5.74, 6) is -0.0140. The Bertz CT molecular complexity index is 177. The van der Waals surface area contributed by atoms with Gasteiger partial charge in [0.1, 0.15) is 0 Å². The minimum Gasteiger partial charge on any atom is -0.350 e. The first-order valence-corrected chi connectivity index (χ1v) is 4.31. The largest absolute Gasteiger partial charge is 0.350 e. The highest BCUT2D eigenvalue weighted by atomic mass is 16.1. The number of carbonyl (C=O) groups is 1. The molecule has 0 saturated heterocycles. The molecule has 2 nitrogen and oxygen atoms in total. The molecular weight excluding hydrogens is 150 g/mol. The van der Waals surface area contributed by atoms with Crippen LogP contribution in [0.3, 0.4) is 0 Å². The molecule has 0 aromatic carbocycles. The normalized spacial score (nSPS) is 14.8. The van der Waals surface area contributed by atoms with Crippen molar-refractivity contribution in [2.75, 3.05) is 0 Å². The summed E-state index contributed by atoms with van der Waals surface area (Å²) in [5.41, 5.74) is 0.122. The quantitative estimate of drug-likeness (QED) is 0.630. The van der Waals surface area contributed by atoms with E-state index < -0.39 is 0 Å². The van der Waals surface area contributed by atoms with Gasteiger partial charge in [-0.15, -0.1) is 0 Å². The second kappa shape index (κ2) is 4.29. The molecule has 1 atom stereocenters. The van der Waals surface area contributed by atoms with Crippen LogP contribution in [-0.4, -0.2) is 11.9 Å². The monoisotopic (exact) mass is 169 g/mol. The van der Waals surface area contributed by atoms with E-state index in [0.717, 1.165) is 0 Å². The third kappa shape index (κ3) is 4.16. The van der Waals surface area contributed by atoms with Crippen molar-refractivity contribution in [1.29, 1.82) is 0 Å². The van der Waals surface area contributed by atoms with Gasteiger partial charge in [0.25, 0.3) is 0 Å². The van der Waals surface area contributed by atoms with Gasteiger partial charge in [-0.25, -0.2) is 0 Å². The summed E-state index contributed by atoms with van der Waals surface area (Å²) in [7, 11) is 0. The van der Waals surface area contributed by atoms with Crippen molar-refractivity contribution in [3.05, 3.63) is 12.2 Å². The Labute approximate surface area is 75.0 Å². The maximum Gasteiger partial charge on any atom is 0.243 e. The molecule has 70 valence electrons. The van der Waals surface area contributed by atoms with E-state index in [1.807, 2.05) is 13.8 Å². The van der Waals surface area contributed by atoms with Crippen LogP contribution < -0.4 is 5.32 Å². The predicted molar refractivity (Wildman–Crippen MR) is 51.9 cm³/mol. The molecular formula is C10H19NO. The van der Waals surface area contributed by atoms with E-state index in [1.165, 1.54) is 0 Å². The van der Waals surface area contributed by atoms with E-state index in [4.69, 9.17) is 0 Å². The second-order valence-electron chi connectivity index (χ2n) is 4.10. The van der Waals surface area contributed by atoms with Crippen LogP contribution in [-0.2, 0) is 4.79 Å². The summed E-state index contributed by atoms with van der Waals surface area (Å²) >= 11 is 0. The lowest BCUT2D eigenvalue weighted by molar-refractivity contribution is -0.117. The summed E-state index contributed by atoms with van der Waals surface area (Å²) in [6.45, 7) is 10.2. The Balaban J connectivity index is 4.01. The Hall–Kier alpha value is -0.790. The summed E-state index contributed by atoms with van der Waals surface area (Å²) in [6.07, 6.45) is 3.28. The topological polar surface area (TPSA) is 29.1 Å². The van der Waals surface area contributed by atoms with Crippen LogP contribution in [0.1, 0.15) is 34.6 Å². The number of rotatable bonds is 2. The zero-order valence-electron chi connectivity index (χ0n) is 8.64. The minimum absolute atomic E-state index is 0.0140. The average Bonchev–Trinajstić information content (AvgIpc) is 1.85. The van der Waals surface area contributed by atoms with E-state index >= 15 is 0 Å². The number of amides is 1. The Morgan fingerprint density at radius 2 is 1.92 bits per heavy atom. The molecule has 12 heavy (non-hydrogen) atoms. The molecule has 1 unspecified atom stereocenters. The third-order valence-corrected chi connectivity index (χ3v) is 1.98. The van der Waals surface area contributed by atoms with Crippen LogP contribution in [0, 0.1) is 5.41 Å². The fraction of sp³-hybridized carbons (Fsp3) is 0.700. The van der Waals surface area contributed by atoms with Gasteiger partial charge in [-0.3, -0.25) is 4.79 Å². The van der Waals surface area contributed by atoms with Gasteiger partial charge in [0.2, 0.25) is 5.91 Å². The van der Waals surface area contributed by atoms with Crippen molar-refractivity contribution in [2.24, 2.45) is 5.41 Å². The maximum absolute atomic E-state index is 11.1. The fourth-order valence-corrected chi connectivity index (χ4v) is 0.629. The van der Waals surface area contributed by atoms with Crippen LogP contribution in [0.5, 0.6) is 0 Å². The smallest absolute Gasteiger partial charge is 0.243 e. The minimum atomic E-state index is -0.0140. The number of hydrogen-bond donors (Lipinski definition) is 1. The van der Waals surface area contributed by atoms with E-state index in [1.54, 1.807) is 12.2 Å². The molecule has 1 amide bonds. The van der Waals surface area contributed by atoms with Crippen LogP contribution in [0.25, 0.3) is 0 Å². The summed E-state index contributed by atoms with van der Waals surface area (Å²) in [4.78, 5) is 11.1. The number of hydrogen-bond acceptors (Lipinski definition) is 1. The number of nitrogens with one attached hydrogen (secondary N) is 1. The second-order valence-corrected chi connectivity index (χ2v) is 4.10. The van der Waals surface area contributed by atoms with E-state index in [9.17, 15) is 4.79 Å². The summed E-state index contributed by atoms with van der Waals surface area (Å²) in [5, 5.41) is 2.90. The predicted octanol–water partition coefficient (Wildman–Crippen LogP) is 2.11. The first kappa shape index (κ1) is 11.2. The van der Waals surface area contributed by atoms with Gasteiger partial charge in [0.15, 0.2) is 0 Å². The lowest BCUT2D eigenvalue weighted by Gasteiger charge is -2.27. The average molecular weight is 169 g/mol. The zero-order chi connectivity index (χ0) is 9.78. The van der Waals surface area contributed by atoms with Gasteiger partial charge in [0.05, 0.1) is 0 Å². The highest BCUT2D eigenvalue weighted by Crippen LogP contribution is 2.18. The lowest BCUT2D eigenvalue weighted by atomic mass is 9.88. The molecule has 1 N–H and O–H groups in total. The highest BCUT2D eigenvalue weighted by molar-refractivity contribution is 5.87. The van der Waals surface area contributed by atoms with Crippen molar-refractivity contribution in [3.8, 4) is 0 Å². The molecule has 0 saturated carbocycles. The molecule has 0 aliphatic carbocycles.